The Bertz CT molecular complexity index is 1300. The van der Waals surface area contributed by atoms with Gasteiger partial charge in [0.1, 0.15) is 12.4 Å². The van der Waals surface area contributed by atoms with E-state index < -0.39 is 40.9 Å². The number of ether oxygens (including phenoxy) is 3. The van der Waals surface area contributed by atoms with Gasteiger partial charge in [-0.25, -0.2) is 8.78 Å². The van der Waals surface area contributed by atoms with Crippen molar-refractivity contribution in [1.82, 2.24) is 0 Å². The van der Waals surface area contributed by atoms with Crippen LogP contribution in [-0.2, 0) is 4.79 Å². The number of carbonyl (C=O) groups is 1. The molecular weight excluding hydrogens is 500 g/mol. The highest BCUT2D eigenvalue weighted by Gasteiger charge is 2.31. The largest absolute Gasteiger partial charge is 0.494 e. The van der Waals surface area contributed by atoms with E-state index in [4.69, 9.17) is 14.2 Å². The maximum Gasteiger partial charge on any atom is 0.314 e. The van der Waals surface area contributed by atoms with Gasteiger partial charge in [0.25, 0.3) is 0 Å². The third kappa shape index (κ3) is 5.85. The van der Waals surface area contributed by atoms with Crippen molar-refractivity contribution in [2.45, 2.75) is 38.5 Å². The molecule has 1 saturated carbocycles. The molecule has 0 N–H and O–H groups in total. The molecule has 0 bridgehead atoms. The standard InChI is InChI=1S/C30H28F4O4/c1-3-17-37-24-15-16-25(29(34)28(24)33)38-30(35)20-7-5-18(6-8-20)22-13-14-23(27(32)26(22)31)19-9-11-21(12-10-19)36-4-2/h3,9-16,18,20H,1,4-8,17H2,2H3. The van der Waals surface area contributed by atoms with Crippen LogP contribution >= 0.6 is 0 Å². The Morgan fingerprint density at radius 3 is 2.16 bits per heavy atom. The predicted molar refractivity (Wildman–Crippen MR) is 135 cm³/mol. The number of carbonyl (C=O) groups excluding carboxylic acids is 1. The fourth-order valence-electron chi connectivity index (χ4n) is 4.68. The average molecular weight is 529 g/mol. The second-order valence-electron chi connectivity index (χ2n) is 9.05. The summed E-state index contributed by atoms with van der Waals surface area (Å²) in [6, 6.07) is 12.2. The van der Waals surface area contributed by atoms with Crippen LogP contribution in [0.15, 0.2) is 61.2 Å². The number of benzene rings is 3. The summed E-state index contributed by atoms with van der Waals surface area (Å²) in [4.78, 5) is 12.6. The van der Waals surface area contributed by atoms with Gasteiger partial charge in [-0.2, -0.15) is 8.78 Å². The molecule has 8 heteroatoms. The minimum atomic E-state index is -1.32. The number of esters is 1. The van der Waals surface area contributed by atoms with Crippen LogP contribution in [0, 0.1) is 29.2 Å². The lowest BCUT2D eigenvalue weighted by Crippen LogP contribution is -2.26. The van der Waals surface area contributed by atoms with Gasteiger partial charge in [0.05, 0.1) is 12.5 Å². The molecule has 3 aromatic rings. The second-order valence-corrected chi connectivity index (χ2v) is 9.05. The van der Waals surface area contributed by atoms with Crippen molar-refractivity contribution in [2.24, 2.45) is 5.92 Å². The molecule has 0 saturated heterocycles. The van der Waals surface area contributed by atoms with Crippen LogP contribution in [0.4, 0.5) is 17.6 Å². The van der Waals surface area contributed by atoms with Crippen molar-refractivity contribution in [3.8, 4) is 28.4 Å². The molecule has 0 unspecified atom stereocenters. The molecule has 3 aromatic carbocycles. The van der Waals surface area contributed by atoms with E-state index in [2.05, 4.69) is 6.58 Å². The molecule has 200 valence electrons. The highest BCUT2D eigenvalue weighted by atomic mass is 19.2. The van der Waals surface area contributed by atoms with Crippen molar-refractivity contribution in [2.75, 3.05) is 13.2 Å². The lowest BCUT2D eigenvalue weighted by atomic mass is 9.78. The molecule has 0 aromatic heterocycles. The Kier molecular flexibility index (Phi) is 8.71. The fraction of sp³-hybridized carbons (Fsp3) is 0.300. The fourth-order valence-corrected chi connectivity index (χ4v) is 4.68. The van der Waals surface area contributed by atoms with Crippen LogP contribution in [0.1, 0.15) is 44.1 Å². The summed E-state index contributed by atoms with van der Waals surface area (Å²) in [5.74, 6) is -6.15. The van der Waals surface area contributed by atoms with Gasteiger partial charge < -0.3 is 14.2 Å². The minimum Gasteiger partial charge on any atom is -0.494 e. The molecule has 0 radical (unpaired) electrons. The third-order valence-electron chi connectivity index (χ3n) is 6.67. The van der Waals surface area contributed by atoms with Crippen LogP contribution in [0.25, 0.3) is 11.1 Å². The van der Waals surface area contributed by atoms with Crippen LogP contribution in [-0.4, -0.2) is 19.2 Å². The molecule has 1 aliphatic rings. The van der Waals surface area contributed by atoms with Crippen molar-refractivity contribution in [3.05, 3.63) is 90.0 Å². The monoisotopic (exact) mass is 528 g/mol. The summed E-state index contributed by atoms with van der Waals surface area (Å²) in [5, 5.41) is 0. The van der Waals surface area contributed by atoms with E-state index in [9.17, 15) is 13.6 Å². The van der Waals surface area contributed by atoms with Gasteiger partial charge in [-0.05, 0) is 73.9 Å². The Morgan fingerprint density at radius 1 is 0.842 bits per heavy atom. The molecule has 4 rings (SSSR count). The molecule has 1 fully saturated rings. The molecule has 38 heavy (non-hydrogen) atoms. The second kappa shape index (κ2) is 12.2. The molecule has 1 aliphatic carbocycles. The van der Waals surface area contributed by atoms with Gasteiger partial charge in [0.15, 0.2) is 23.1 Å². The minimum absolute atomic E-state index is 0.00642. The van der Waals surface area contributed by atoms with Crippen LogP contribution in [0.5, 0.6) is 17.2 Å². The smallest absolute Gasteiger partial charge is 0.314 e. The maximum absolute atomic E-state index is 15.1. The van der Waals surface area contributed by atoms with Crippen molar-refractivity contribution in [3.63, 3.8) is 0 Å². The van der Waals surface area contributed by atoms with Crippen molar-refractivity contribution in [1.29, 1.82) is 0 Å². The van der Waals surface area contributed by atoms with E-state index in [0.29, 0.717) is 43.6 Å². The summed E-state index contributed by atoms with van der Waals surface area (Å²) in [7, 11) is 0. The zero-order chi connectivity index (χ0) is 27.2. The van der Waals surface area contributed by atoms with Gasteiger partial charge in [-0.15, -0.1) is 0 Å². The van der Waals surface area contributed by atoms with Gasteiger partial charge in [-0.1, -0.05) is 36.9 Å². The van der Waals surface area contributed by atoms with E-state index >= 15 is 8.78 Å². The van der Waals surface area contributed by atoms with Gasteiger partial charge in [0, 0.05) is 5.56 Å². The van der Waals surface area contributed by atoms with Gasteiger partial charge >= 0.3 is 5.97 Å². The third-order valence-corrected chi connectivity index (χ3v) is 6.67. The first-order chi connectivity index (χ1) is 18.3. The molecular formula is C30H28F4O4. The zero-order valence-corrected chi connectivity index (χ0v) is 20.9. The summed E-state index contributed by atoms with van der Waals surface area (Å²) in [6.07, 6.45) is 2.91. The Balaban J connectivity index is 1.39. The van der Waals surface area contributed by atoms with E-state index in [1.807, 2.05) is 6.92 Å². The Morgan fingerprint density at radius 2 is 1.50 bits per heavy atom. The lowest BCUT2D eigenvalue weighted by molar-refractivity contribution is -0.140. The highest BCUT2D eigenvalue weighted by Crippen LogP contribution is 2.40. The van der Waals surface area contributed by atoms with Crippen LogP contribution in [0.3, 0.4) is 0 Å². The first-order valence-corrected chi connectivity index (χ1v) is 12.5. The van der Waals surface area contributed by atoms with Crippen LogP contribution < -0.4 is 14.2 Å². The maximum atomic E-state index is 15.1. The summed E-state index contributed by atoms with van der Waals surface area (Å²) >= 11 is 0. The molecule has 0 spiro atoms. The van der Waals surface area contributed by atoms with Gasteiger partial charge in [-0.3, -0.25) is 4.79 Å². The van der Waals surface area contributed by atoms with Crippen molar-refractivity contribution < 1.29 is 36.6 Å². The Labute approximate surface area is 218 Å². The highest BCUT2D eigenvalue weighted by molar-refractivity contribution is 5.75. The lowest BCUT2D eigenvalue weighted by Gasteiger charge is -2.28. The van der Waals surface area contributed by atoms with E-state index in [0.717, 1.165) is 6.07 Å². The van der Waals surface area contributed by atoms with E-state index in [1.165, 1.54) is 12.1 Å². The van der Waals surface area contributed by atoms with E-state index in [-0.39, 0.29) is 29.4 Å². The molecule has 0 atom stereocenters. The Hall–Kier alpha value is -3.81. The average Bonchev–Trinajstić information content (AvgIpc) is 2.93. The number of halogens is 4. The first kappa shape index (κ1) is 27.2. The first-order valence-electron chi connectivity index (χ1n) is 12.5. The SMILES string of the molecule is C=CCOc1ccc(OC(=O)C2CCC(c3ccc(-c4ccc(OCC)cc4)c(F)c3F)CC2)c(F)c1F. The zero-order valence-electron chi connectivity index (χ0n) is 20.9. The molecule has 0 heterocycles. The molecule has 4 nitrogen and oxygen atoms in total. The number of hydrogen-bond donors (Lipinski definition) is 0. The van der Waals surface area contributed by atoms with Gasteiger partial charge in [0.2, 0.25) is 11.6 Å². The summed E-state index contributed by atoms with van der Waals surface area (Å²) < 4.78 is 74.2. The number of hydrogen-bond acceptors (Lipinski definition) is 4. The topological polar surface area (TPSA) is 44.8 Å². The van der Waals surface area contributed by atoms with Crippen LogP contribution in [0.2, 0.25) is 0 Å². The molecule has 0 amide bonds. The summed E-state index contributed by atoms with van der Waals surface area (Å²) in [6.45, 7) is 5.80. The quantitative estimate of drug-likeness (QED) is 0.123. The normalized spacial score (nSPS) is 17.1. The van der Waals surface area contributed by atoms with E-state index in [1.54, 1.807) is 36.4 Å². The number of rotatable bonds is 9. The van der Waals surface area contributed by atoms with Crippen molar-refractivity contribution >= 4 is 5.97 Å². The molecule has 0 aliphatic heterocycles. The summed E-state index contributed by atoms with van der Waals surface area (Å²) in [5.41, 5.74) is 0.945. The predicted octanol–water partition coefficient (Wildman–Crippen LogP) is 7.75.